The van der Waals surface area contributed by atoms with E-state index in [1.54, 1.807) is 0 Å². The number of rotatable bonds is 8. The van der Waals surface area contributed by atoms with Crippen LogP contribution in [0.2, 0.25) is 0 Å². The predicted octanol–water partition coefficient (Wildman–Crippen LogP) is 0.835. The molecule has 5 nitrogen and oxygen atoms in total. The highest BCUT2D eigenvalue weighted by Crippen LogP contribution is 2.02. The fourth-order valence-electron chi connectivity index (χ4n) is 1.97. The van der Waals surface area contributed by atoms with Crippen LogP contribution in [0.3, 0.4) is 0 Å². The fraction of sp³-hybridized carbons (Fsp3) is 0.500. The minimum absolute atomic E-state index is 0.0284. The summed E-state index contributed by atoms with van der Waals surface area (Å²) in [5.74, 6) is -0.122. The maximum absolute atomic E-state index is 11.7. The van der Waals surface area contributed by atoms with Crippen LogP contribution in [0.5, 0.6) is 0 Å². The third kappa shape index (κ3) is 7.46. The Kier molecular flexibility index (Phi) is 7.46. The van der Waals surface area contributed by atoms with Gasteiger partial charge in [-0.25, -0.2) is 0 Å². The van der Waals surface area contributed by atoms with E-state index in [-0.39, 0.29) is 18.4 Å². The summed E-state index contributed by atoms with van der Waals surface area (Å²) in [6.45, 7) is 4.53. The van der Waals surface area contributed by atoms with Gasteiger partial charge in [0, 0.05) is 6.54 Å². The molecule has 1 aromatic rings. The zero-order valence-electron chi connectivity index (χ0n) is 12.8. The molecule has 0 unspecified atom stereocenters. The van der Waals surface area contributed by atoms with Gasteiger partial charge in [0.1, 0.15) is 0 Å². The smallest absolute Gasteiger partial charge is 0.239 e. The highest BCUT2D eigenvalue weighted by molar-refractivity contribution is 5.87. The fourth-order valence-corrected chi connectivity index (χ4v) is 1.97. The monoisotopic (exact) mass is 291 g/mol. The average Bonchev–Trinajstić information content (AvgIpc) is 2.45. The van der Waals surface area contributed by atoms with Crippen molar-refractivity contribution in [3.63, 3.8) is 0 Å². The molecular weight excluding hydrogens is 266 g/mol. The Bertz CT molecular complexity index is 446. The van der Waals surface area contributed by atoms with Gasteiger partial charge in [0.2, 0.25) is 11.8 Å². The minimum Gasteiger partial charge on any atom is -0.354 e. The van der Waals surface area contributed by atoms with Gasteiger partial charge in [-0.3, -0.25) is 9.59 Å². The topological polar surface area (TPSA) is 84.2 Å². The molecule has 0 aromatic heterocycles. The van der Waals surface area contributed by atoms with Crippen LogP contribution in [0.25, 0.3) is 0 Å². The molecular formula is C16H25N3O2. The summed E-state index contributed by atoms with van der Waals surface area (Å²) in [4.78, 5) is 23.3. The molecule has 1 rings (SSSR count). The van der Waals surface area contributed by atoms with Crippen LogP contribution in [-0.4, -0.2) is 30.9 Å². The SMILES string of the molecule is CC(C)C[C@H](N)C(=O)NCC(=O)NCCc1ccccc1. The number of hydrogen-bond acceptors (Lipinski definition) is 3. The molecule has 5 heteroatoms. The first-order chi connectivity index (χ1) is 9.99. The van der Waals surface area contributed by atoms with E-state index < -0.39 is 6.04 Å². The Balaban J connectivity index is 2.18. The molecule has 21 heavy (non-hydrogen) atoms. The summed E-state index contributed by atoms with van der Waals surface area (Å²) in [6, 6.07) is 9.36. The number of amides is 2. The number of hydrogen-bond donors (Lipinski definition) is 3. The van der Waals surface area contributed by atoms with Crippen LogP contribution < -0.4 is 16.4 Å². The number of carbonyl (C=O) groups is 2. The highest BCUT2D eigenvalue weighted by atomic mass is 16.2. The Hall–Kier alpha value is -1.88. The van der Waals surface area contributed by atoms with E-state index in [0.29, 0.717) is 18.9 Å². The standard InChI is InChI=1S/C16H25N3O2/c1-12(2)10-14(17)16(21)19-11-15(20)18-9-8-13-6-4-3-5-7-13/h3-7,12,14H,8-11,17H2,1-2H3,(H,18,20)(H,19,21)/t14-/m0/s1. The van der Waals surface area contributed by atoms with E-state index in [9.17, 15) is 9.59 Å². The normalized spacial score (nSPS) is 12.0. The minimum atomic E-state index is -0.554. The zero-order valence-corrected chi connectivity index (χ0v) is 12.8. The predicted molar refractivity (Wildman–Crippen MR) is 83.6 cm³/mol. The van der Waals surface area contributed by atoms with Gasteiger partial charge < -0.3 is 16.4 Å². The van der Waals surface area contributed by atoms with E-state index in [4.69, 9.17) is 5.73 Å². The summed E-state index contributed by atoms with van der Waals surface area (Å²) in [5, 5.41) is 5.33. The molecule has 1 atom stereocenters. The van der Waals surface area contributed by atoms with Gasteiger partial charge in [-0.1, -0.05) is 44.2 Å². The second kappa shape index (κ2) is 9.13. The Labute approximate surface area is 126 Å². The van der Waals surface area contributed by atoms with E-state index in [2.05, 4.69) is 10.6 Å². The highest BCUT2D eigenvalue weighted by Gasteiger charge is 2.15. The third-order valence-electron chi connectivity index (χ3n) is 3.06. The van der Waals surface area contributed by atoms with Crippen molar-refractivity contribution in [3.8, 4) is 0 Å². The van der Waals surface area contributed by atoms with Gasteiger partial charge in [0.25, 0.3) is 0 Å². The lowest BCUT2D eigenvalue weighted by atomic mass is 10.0. The van der Waals surface area contributed by atoms with Crippen molar-refractivity contribution < 1.29 is 9.59 Å². The van der Waals surface area contributed by atoms with E-state index in [0.717, 1.165) is 6.42 Å². The maximum Gasteiger partial charge on any atom is 0.239 e. The number of nitrogens with one attached hydrogen (secondary N) is 2. The van der Waals surface area contributed by atoms with Crippen LogP contribution in [-0.2, 0) is 16.0 Å². The van der Waals surface area contributed by atoms with Gasteiger partial charge >= 0.3 is 0 Å². The molecule has 4 N–H and O–H groups in total. The van der Waals surface area contributed by atoms with Crippen LogP contribution in [0.1, 0.15) is 25.8 Å². The van der Waals surface area contributed by atoms with E-state index in [1.165, 1.54) is 5.56 Å². The molecule has 0 fully saturated rings. The van der Waals surface area contributed by atoms with Gasteiger partial charge in [0.15, 0.2) is 0 Å². The van der Waals surface area contributed by atoms with Crippen molar-refractivity contribution in [2.45, 2.75) is 32.7 Å². The third-order valence-corrected chi connectivity index (χ3v) is 3.06. The molecule has 1 aromatic carbocycles. The lowest BCUT2D eigenvalue weighted by Gasteiger charge is -2.14. The van der Waals surface area contributed by atoms with Gasteiger partial charge in [-0.15, -0.1) is 0 Å². The van der Waals surface area contributed by atoms with Crippen LogP contribution in [0, 0.1) is 5.92 Å². The van der Waals surface area contributed by atoms with Crippen molar-refractivity contribution in [3.05, 3.63) is 35.9 Å². The molecule has 0 aliphatic carbocycles. The van der Waals surface area contributed by atoms with E-state index >= 15 is 0 Å². The Morgan fingerprint density at radius 3 is 2.43 bits per heavy atom. The molecule has 0 aliphatic heterocycles. The average molecular weight is 291 g/mol. The number of nitrogens with two attached hydrogens (primary N) is 1. The van der Waals surface area contributed by atoms with Crippen LogP contribution in [0.15, 0.2) is 30.3 Å². The van der Waals surface area contributed by atoms with E-state index in [1.807, 2.05) is 44.2 Å². The molecule has 116 valence electrons. The summed E-state index contributed by atoms with van der Waals surface area (Å²) in [6.07, 6.45) is 1.38. The second-order valence-electron chi connectivity index (χ2n) is 5.54. The first-order valence-electron chi connectivity index (χ1n) is 7.33. The lowest BCUT2D eigenvalue weighted by molar-refractivity contribution is -0.127. The molecule has 0 radical (unpaired) electrons. The molecule has 0 spiro atoms. The summed E-state index contributed by atoms with van der Waals surface area (Å²) >= 11 is 0. The molecule has 0 heterocycles. The largest absolute Gasteiger partial charge is 0.354 e. The van der Waals surface area contributed by atoms with Crippen molar-refractivity contribution in [2.24, 2.45) is 11.7 Å². The zero-order chi connectivity index (χ0) is 15.7. The van der Waals surface area contributed by atoms with Crippen molar-refractivity contribution >= 4 is 11.8 Å². The number of carbonyl (C=O) groups excluding carboxylic acids is 2. The van der Waals surface area contributed by atoms with Crippen molar-refractivity contribution in [1.82, 2.24) is 10.6 Å². The number of benzene rings is 1. The lowest BCUT2D eigenvalue weighted by Crippen LogP contribution is -2.45. The summed E-state index contributed by atoms with van der Waals surface area (Å²) in [7, 11) is 0. The van der Waals surface area contributed by atoms with Crippen LogP contribution in [0.4, 0.5) is 0 Å². The quantitative estimate of drug-likeness (QED) is 0.663. The molecule has 0 saturated carbocycles. The molecule has 0 saturated heterocycles. The van der Waals surface area contributed by atoms with Crippen LogP contribution >= 0.6 is 0 Å². The summed E-state index contributed by atoms with van der Waals surface area (Å²) in [5.41, 5.74) is 6.90. The second-order valence-corrected chi connectivity index (χ2v) is 5.54. The molecule has 0 bridgehead atoms. The molecule has 0 aliphatic rings. The van der Waals surface area contributed by atoms with Gasteiger partial charge in [-0.05, 0) is 24.3 Å². The van der Waals surface area contributed by atoms with Crippen molar-refractivity contribution in [1.29, 1.82) is 0 Å². The van der Waals surface area contributed by atoms with Gasteiger partial charge in [-0.2, -0.15) is 0 Å². The Morgan fingerprint density at radius 2 is 1.81 bits per heavy atom. The first-order valence-corrected chi connectivity index (χ1v) is 7.33. The molecule has 2 amide bonds. The first kappa shape index (κ1) is 17.2. The maximum atomic E-state index is 11.7. The summed E-state index contributed by atoms with van der Waals surface area (Å²) < 4.78 is 0. The van der Waals surface area contributed by atoms with Crippen molar-refractivity contribution in [2.75, 3.05) is 13.1 Å². The Morgan fingerprint density at radius 1 is 1.14 bits per heavy atom. The van der Waals surface area contributed by atoms with Gasteiger partial charge in [0.05, 0.1) is 12.6 Å².